The molecule has 2 aromatic carbocycles. The van der Waals surface area contributed by atoms with E-state index in [1.807, 2.05) is 0 Å². The van der Waals surface area contributed by atoms with Gasteiger partial charge in [0.2, 0.25) is 0 Å². The Kier molecular flexibility index (Phi) is 3.65. The third-order valence-electron chi connectivity index (χ3n) is 3.26. The molecule has 0 atom stereocenters. The summed E-state index contributed by atoms with van der Waals surface area (Å²) < 4.78 is 42.2. The lowest BCUT2D eigenvalue weighted by Crippen LogP contribution is -2.12. The Hall–Kier alpha value is -2.67. The number of para-hydroxylation sites is 1. The maximum Gasteiger partial charge on any atom is 0.291 e. The zero-order valence-corrected chi connectivity index (χ0v) is 12.9. The summed E-state index contributed by atoms with van der Waals surface area (Å²) in [7, 11) is -3.50. The number of furan rings is 1. The second-order valence-corrected chi connectivity index (χ2v) is 7.03. The Bertz CT molecular complexity index is 975. The number of benzene rings is 2. The van der Waals surface area contributed by atoms with E-state index in [1.54, 1.807) is 24.3 Å². The molecule has 0 fully saturated rings. The fourth-order valence-electron chi connectivity index (χ4n) is 2.11. The van der Waals surface area contributed by atoms with Gasteiger partial charge in [0.1, 0.15) is 11.4 Å². The number of amides is 1. The van der Waals surface area contributed by atoms with E-state index in [-0.39, 0.29) is 16.3 Å². The van der Waals surface area contributed by atoms with Gasteiger partial charge < -0.3 is 9.73 Å². The van der Waals surface area contributed by atoms with Gasteiger partial charge in [0.25, 0.3) is 5.91 Å². The van der Waals surface area contributed by atoms with E-state index in [9.17, 15) is 17.6 Å². The monoisotopic (exact) mass is 333 g/mol. The van der Waals surface area contributed by atoms with Gasteiger partial charge in [-0.2, -0.15) is 0 Å². The highest BCUT2D eigenvalue weighted by atomic mass is 32.2. The highest BCUT2D eigenvalue weighted by Crippen LogP contribution is 2.23. The Labute approximate surface area is 131 Å². The summed E-state index contributed by atoms with van der Waals surface area (Å²) in [4.78, 5) is 12.1. The van der Waals surface area contributed by atoms with E-state index in [1.165, 1.54) is 6.07 Å². The summed E-state index contributed by atoms with van der Waals surface area (Å²) in [5, 5.41) is 3.07. The number of hydrogen-bond donors (Lipinski definition) is 1. The quantitative estimate of drug-likeness (QED) is 0.747. The molecule has 0 unspecified atom stereocenters. The van der Waals surface area contributed by atoms with Gasteiger partial charge in [-0.15, -0.1) is 0 Å². The standard InChI is InChI=1S/C16H12FNO4S/c1-23(20,21)11-6-7-12(17)13(9-11)18-16(19)15-8-10-4-2-3-5-14(10)22-15/h2-9H,1H3,(H,18,19). The lowest BCUT2D eigenvalue weighted by Gasteiger charge is -2.06. The fraction of sp³-hybridized carbons (Fsp3) is 0.0625. The van der Waals surface area contributed by atoms with E-state index in [0.717, 1.165) is 29.8 Å². The molecule has 0 radical (unpaired) electrons. The Morgan fingerprint density at radius 1 is 1.13 bits per heavy atom. The van der Waals surface area contributed by atoms with Gasteiger partial charge in [0, 0.05) is 11.6 Å². The van der Waals surface area contributed by atoms with Crippen LogP contribution < -0.4 is 5.32 Å². The number of anilines is 1. The largest absolute Gasteiger partial charge is 0.451 e. The van der Waals surface area contributed by atoms with Crippen molar-refractivity contribution < 1.29 is 22.0 Å². The number of sulfone groups is 1. The molecule has 0 saturated carbocycles. The maximum atomic E-state index is 13.8. The summed E-state index contributed by atoms with van der Waals surface area (Å²) in [5.74, 6) is -1.39. The minimum absolute atomic E-state index is 0.00959. The molecule has 1 aromatic heterocycles. The van der Waals surface area contributed by atoms with Crippen molar-refractivity contribution in [3.05, 3.63) is 60.1 Å². The topological polar surface area (TPSA) is 76.4 Å². The minimum Gasteiger partial charge on any atom is -0.451 e. The zero-order chi connectivity index (χ0) is 16.6. The van der Waals surface area contributed by atoms with Gasteiger partial charge in [0.15, 0.2) is 15.6 Å². The first-order valence-corrected chi connectivity index (χ1v) is 8.53. The van der Waals surface area contributed by atoms with Gasteiger partial charge in [0.05, 0.1) is 10.6 Å². The molecule has 3 aromatic rings. The van der Waals surface area contributed by atoms with Crippen LogP contribution in [0.15, 0.2) is 57.8 Å². The summed E-state index contributed by atoms with van der Waals surface area (Å²) in [5.41, 5.74) is 0.307. The second-order valence-electron chi connectivity index (χ2n) is 5.02. The van der Waals surface area contributed by atoms with E-state index in [4.69, 9.17) is 4.42 Å². The number of rotatable bonds is 3. The van der Waals surface area contributed by atoms with Crippen LogP contribution >= 0.6 is 0 Å². The molecule has 0 aliphatic heterocycles. The van der Waals surface area contributed by atoms with Gasteiger partial charge >= 0.3 is 0 Å². The maximum absolute atomic E-state index is 13.8. The first-order valence-electron chi connectivity index (χ1n) is 6.64. The molecule has 23 heavy (non-hydrogen) atoms. The van der Waals surface area contributed by atoms with Crippen molar-refractivity contribution in [2.75, 3.05) is 11.6 Å². The predicted molar refractivity (Wildman–Crippen MR) is 83.7 cm³/mol. The van der Waals surface area contributed by atoms with Gasteiger partial charge in [-0.1, -0.05) is 18.2 Å². The molecule has 0 saturated heterocycles. The number of nitrogens with one attached hydrogen (secondary N) is 1. The molecule has 0 spiro atoms. The van der Waals surface area contributed by atoms with Crippen LogP contribution in [0.2, 0.25) is 0 Å². The smallest absolute Gasteiger partial charge is 0.291 e. The Morgan fingerprint density at radius 2 is 1.87 bits per heavy atom. The van der Waals surface area contributed by atoms with Crippen LogP contribution in [0, 0.1) is 5.82 Å². The first kappa shape index (κ1) is 15.2. The van der Waals surface area contributed by atoms with Crippen molar-refractivity contribution in [2.24, 2.45) is 0 Å². The molecule has 0 bridgehead atoms. The second kappa shape index (κ2) is 5.51. The molecule has 7 heteroatoms. The summed E-state index contributed by atoms with van der Waals surface area (Å²) in [6.45, 7) is 0. The number of fused-ring (bicyclic) bond motifs is 1. The predicted octanol–water partition coefficient (Wildman–Crippen LogP) is 3.23. The van der Waals surface area contributed by atoms with E-state index in [2.05, 4.69) is 5.32 Å². The van der Waals surface area contributed by atoms with E-state index >= 15 is 0 Å². The molecular formula is C16H12FNO4S. The highest BCUT2D eigenvalue weighted by Gasteiger charge is 2.16. The molecule has 1 heterocycles. The first-order chi connectivity index (χ1) is 10.8. The summed E-state index contributed by atoms with van der Waals surface area (Å²) >= 11 is 0. The van der Waals surface area contributed by atoms with E-state index in [0.29, 0.717) is 5.58 Å². The number of halogens is 1. The van der Waals surface area contributed by atoms with Crippen LogP contribution in [0.1, 0.15) is 10.6 Å². The molecule has 0 aliphatic rings. The third-order valence-corrected chi connectivity index (χ3v) is 4.37. The summed E-state index contributed by atoms with van der Waals surface area (Å²) in [6.07, 6.45) is 1.01. The van der Waals surface area contributed by atoms with Gasteiger partial charge in [-0.3, -0.25) is 4.79 Å². The lowest BCUT2D eigenvalue weighted by atomic mass is 10.2. The summed E-state index contributed by atoms with van der Waals surface area (Å²) in [6, 6.07) is 11.8. The normalized spacial score (nSPS) is 11.6. The molecule has 1 N–H and O–H groups in total. The zero-order valence-electron chi connectivity index (χ0n) is 12.0. The SMILES string of the molecule is CS(=O)(=O)c1ccc(F)c(NC(=O)c2cc3ccccc3o2)c1. The molecule has 118 valence electrons. The number of hydrogen-bond acceptors (Lipinski definition) is 4. The molecular weight excluding hydrogens is 321 g/mol. The lowest BCUT2D eigenvalue weighted by molar-refractivity contribution is 0.0998. The molecule has 0 aliphatic carbocycles. The van der Waals surface area contributed by atoms with E-state index < -0.39 is 21.6 Å². The minimum atomic E-state index is -3.50. The number of carbonyl (C=O) groups is 1. The van der Waals surface area contributed by atoms with Crippen molar-refractivity contribution in [3.63, 3.8) is 0 Å². The molecule has 1 amide bonds. The van der Waals surface area contributed by atoms with Crippen LogP contribution in [0.4, 0.5) is 10.1 Å². The highest BCUT2D eigenvalue weighted by molar-refractivity contribution is 7.90. The van der Waals surface area contributed by atoms with Crippen LogP contribution in [-0.2, 0) is 9.84 Å². The van der Waals surface area contributed by atoms with Crippen molar-refractivity contribution in [3.8, 4) is 0 Å². The van der Waals surface area contributed by atoms with Crippen LogP contribution in [0.25, 0.3) is 11.0 Å². The van der Waals surface area contributed by atoms with Crippen LogP contribution in [-0.4, -0.2) is 20.6 Å². The fourth-order valence-corrected chi connectivity index (χ4v) is 2.76. The van der Waals surface area contributed by atoms with Gasteiger partial charge in [-0.05, 0) is 30.3 Å². The van der Waals surface area contributed by atoms with Crippen molar-refractivity contribution in [1.82, 2.24) is 0 Å². The third kappa shape index (κ3) is 3.09. The van der Waals surface area contributed by atoms with Crippen molar-refractivity contribution in [1.29, 1.82) is 0 Å². The number of carbonyl (C=O) groups excluding carboxylic acids is 1. The van der Waals surface area contributed by atoms with Crippen LogP contribution in [0.3, 0.4) is 0 Å². The van der Waals surface area contributed by atoms with Gasteiger partial charge in [-0.25, -0.2) is 12.8 Å². The average molecular weight is 333 g/mol. The molecule has 3 rings (SSSR count). The average Bonchev–Trinajstić information content (AvgIpc) is 2.92. The Morgan fingerprint density at radius 3 is 2.57 bits per heavy atom. The van der Waals surface area contributed by atoms with Crippen LogP contribution in [0.5, 0.6) is 0 Å². The van der Waals surface area contributed by atoms with Crippen molar-refractivity contribution in [2.45, 2.75) is 4.90 Å². The van der Waals surface area contributed by atoms with Crippen molar-refractivity contribution >= 4 is 32.4 Å². The Balaban J connectivity index is 1.93. The molecule has 5 nitrogen and oxygen atoms in total.